The number of ether oxygens (including phenoxy) is 1. The van der Waals surface area contributed by atoms with Crippen LogP contribution in [0.5, 0.6) is 0 Å². The van der Waals surface area contributed by atoms with Gasteiger partial charge in [-0.3, -0.25) is 14.9 Å². The SMILES string of the molecule is COC(CNc1ccc(C#N)cc1[N+](=O)[O-])CC(=O)O. The minimum Gasteiger partial charge on any atom is -0.481 e. The molecule has 0 spiro atoms. The molecule has 8 heteroatoms. The lowest BCUT2D eigenvalue weighted by atomic mass is 10.1. The molecule has 0 heterocycles. The highest BCUT2D eigenvalue weighted by Crippen LogP contribution is 2.25. The highest BCUT2D eigenvalue weighted by atomic mass is 16.6. The lowest BCUT2D eigenvalue weighted by Gasteiger charge is -2.14. The van der Waals surface area contributed by atoms with E-state index in [-0.39, 0.29) is 29.9 Å². The van der Waals surface area contributed by atoms with Crippen molar-refractivity contribution in [3.63, 3.8) is 0 Å². The number of aliphatic carboxylic acids is 1. The van der Waals surface area contributed by atoms with Gasteiger partial charge in [-0.05, 0) is 12.1 Å². The van der Waals surface area contributed by atoms with Crippen molar-refractivity contribution in [3.8, 4) is 6.07 Å². The van der Waals surface area contributed by atoms with Crippen LogP contribution in [0.2, 0.25) is 0 Å². The molecule has 0 aliphatic rings. The molecule has 0 aromatic heterocycles. The molecular weight excluding hydrogens is 266 g/mol. The van der Waals surface area contributed by atoms with Gasteiger partial charge >= 0.3 is 5.97 Å². The van der Waals surface area contributed by atoms with Crippen LogP contribution in [-0.2, 0) is 9.53 Å². The van der Waals surface area contributed by atoms with Crippen LogP contribution in [0.1, 0.15) is 12.0 Å². The van der Waals surface area contributed by atoms with Crippen LogP contribution in [0.15, 0.2) is 18.2 Å². The Morgan fingerprint density at radius 3 is 2.85 bits per heavy atom. The third-order valence-electron chi connectivity index (χ3n) is 2.58. The molecule has 1 rings (SSSR count). The zero-order valence-corrected chi connectivity index (χ0v) is 10.7. The van der Waals surface area contributed by atoms with Crippen molar-refractivity contribution in [2.24, 2.45) is 0 Å². The number of hydrogen-bond donors (Lipinski definition) is 2. The Hall–Kier alpha value is -2.66. The number of carboxylic acid groups (broad SMARTS) is 1. The summed E-state index contributed by atoms with van der Waals surface area (Å²) in [6.07, 6.45) is -0.823. The van der Waals surface area contributed by atoms with Crippen molar-refractivity contribution < 1.29 is 19.6 Å². The maximum atomic E-state index is 10.9. The van der Waals surface area contributed by atoms with E-state index in [0.717, 1.165) is 6.07 Å². The summed E-state index contributed by atoms with van der Waals surface area (Å²) in [5.41, 5.74) is 0.145. The summed E-state index contributed by atoms with van der Waals surface area (Å²) < 4.78 is 4.96. The van der Waals surface area contributed by atoms with Gasteiger partial charge in [0.1, 0.15) is 5.69 Å². The number of methoxy groups -OCH3 is 1. The molecule has 20 heavy (non-hydrogen) atoms. The Morgan fingerprint density at radius 1 is 1.65 bits per heavy atom. The summed E-state index contributed by atoms with van der Waals surface area (Å²) in [7, 11) is 1.36. The van der Waals surface area contributed by atoms with Crippen molar-refractivity contribution in [1.29, 1.82) is 5.26 Å². The van der Waals surface area contributed by atoms with Gasteiger partial charge in [0, 0.05) is 19.7 Å². The number of benzene rings is 1. The number of anilines is 1. The molecule has 1 unspecified atom stereocenters. The fourth-order valence-electron chi connectivity index (χ4n) is 1.56. The van der Waals surface area contributed by atoms with E-state index in [4.69, 9.17) is 15.1 Å². The summed E-state index contributed by atoms with van der Waals surface area (Å²) in [4.78, 5) is 20.9. The van der Waals surface area contributed by atoms with E-state index in [9.17, 15) is 14.9 Å². The number of nitro benzene ring substituents is 1. The van der Waals surface area contributed by atoms with E-state index in [1.165, 1.54) is 19.2 Å². The maximum Gasteiger partial charge on any atom is 0.306 e. The highest BCUT2D eigenvalue weighted by Gasteiger charge is 2.17. The van der Waals surface area contributed by atoms with Gasteiger partial charge in [0.2, 0.25) is 0 Å². The molecule has 0 radical (unpaired) electrons. The Morgan fingerprint density at radius 2 is 2.35 bits per heavy atom. The molecule has 0 aliphatic carbocycles. The van der Waals surface area contributed by atoms with Gasteiger partial charge in [0.15, 0.2) is 0 Å². The van der Waals surface area contributed by atoms with Crippen LogP contribution in [0.3, 0.4) is 0 Å². The summed E-state index contributed by atoms with van der Waals surface area (Å²) >= 11 is 0. The molecule has 1 aromatic rings. The topological polar surface area (TPSA) is 125 Å². The average Bonchev–Trinajstić information content (AvgIpc) is 2.42. The Labute approximate surface area is 114 Å². The van der Waals surface area contributed by atoms with Gasteiger partial charge in [0.25, 0.3) is 5.69 Å². The lowest BCUT2D eigenvalue weighted by molar-refractivity contribution is -0.384. The third-order valence-corrected chi connectivity index (χ3v) is 2.58. The van der Waals surface area contributed by atoms with Crippen molar-refractivity contribution in [2.75, 3.05) is 19.0 Å². The molecule has 0 fully saturated rings. The average molecular weight is 279 g/mol. The van der Waals surface area contributed by atoms with Gasteiger partial charge in [-0.2, -0.15) is 5.26 Å². The number of nitrogens with zero attached hydrogens (tertiary/aromatic N) is 2. The van der Waals surface area contributed by atoms with Crippen LogP contribution in [-0.4, -0.2) is 35.8 Å². The van der Waals surface area contributed by atoms with Crippen molar-refractivity contribution in [2.45, 2.75) is 12.5 Å². The Bertz CT molecular complexity index is 553. The van der Waals surface area contributed by atoms with Gasteiger partial charge in [-0.25, -0.2) is 0 Å². The number of carboxylic acids is 1. The molecule has 1 aromatic carbocycles. The second kappa shape index (κ2) is 7.06. The molecule has 106 valence electrons. The summed E-state index contributed by atoms with van der Waals surface area (Å²) in [5.74, 6) is -1.02. The molecule has 1 atom stereocenters. The third kappa shape index (κ3) is 4.22. The first-order valence-electron chi connectivity index (χ1n) is 5.65. The number of carbonyl (C=O) groups is 1. The molecule has 2 N–H and O–H groups in total. The van der Waals surface area contributed by atoms with E-state index < -0.39 is 17.0 Å². The summed E-state index contributed by atoms with van der Waals surface area (Å²) in [6.45, 7) is 0.107. The largest absolute Gasteiger partial charge is 0.481 e. The van der Waals surface area contributed by atoms with Crippen molar-refractivity contribution >= 4 is 17.3 Å². The summed E-state index contributed by atoms with van der Waals surface area (Å²) in [6, 6.07) is 5.82. The molecule has 8 nitrogen and oxygen atoms in total. The first kappa shape index (κ1) is 15.4. The zero-order valence-electron chi connectivity index (χ0n) is 10.7. The fraction of sp³-hybridized carbons (Fsp3) is 0.333. The van der Waals surface area contributed by atoms with Crippen molar-refractivity contribution in [1.82, 2.24) is 0 Å². The number of rotatable bonds is 7. The van der Waals surface area contributed by atoms with Gasteiger partial charge in [-0.15, -0.1) is 0 Å². The van der Waals surface area contributed by atoms with Crippen LogP contribution in [0.4, 0.5) is 11.4 Å². The monoisotopic (exact) mass is 279 g/mol. The normalized spacial score (nSPS) is 11.4. The van der Waals surface area contributed by atoms with Gasteiger partial charge < -0.3 is 15.2 Å². The second-order valence-electron chi connectivity index (χ2n) is 3.94. The minimum atomic E-state index is -1.02. The first-order chi connectivity index (χ1) is 9.47. The summed E-state index contributed by atoms with van der Waals surface area (Å²) in [5, 5.41) is 31.1. The van der Waals surface area contributed by atoms with E-state index >= 15 is 0 Å². The number of hydrogen-bond acceptors (Lipinski definition) is 6. The standard InChI is InChI=1S/C12H13N3O5/c1-20-9(5-12(16)17)7-14-10-3-2-8(6-13)4-11(10)15(18)19/h2-4,9,14H,5,7H2,1H3,(H,16,17). The molecule has 0 amide bonds. The first-order valence-corrected chi connectivity index (χ1v) is 5.65. The Kier molecular flexibility index (Phi) is 5.43. The van der Waals surface area contributed by atoms with E-state index in [1.54, 1.807) is 0 Å². The van der Waals surface area contributed by atoms with Crippen LogP contribution < -0.4 is 5.32 Å². The zero-order chi connectivity index (χ0) is 15.1. The van der Waals surface area contributed by atoms with E-state index in [0.29, 0.717) is 0 Å². The van der Waals surface area contributed by atoms with Gasteiger partial charge in [0.05, 0.1) is 29.1 Å². The predicted molar refractivity (Wildman–Crippen MR) is 69.4 cm³/mol. The second-order valence-corrected chi connectivity index (χ2v) is 3.94. The minimum absolute atomic E-state index is 0.107. The molecule has 0 bridgehead atoms. The molecule has 0 saturated heterocycles. The van der Waals surface area contributed by atoms with Gasteiger partial charge in [-0.1, -0.05) is 0 Å². The van der Waals surface area contributed by atoms with E-state index in [2.05, 4.69) is 5.32 Å². The fourth-order valence-corrected chi connectivity index (χ4v) is 1.56. The van der Waals surface area contributed by atoms with Crippen LogP contribution >= 0.6 is 0 Å². The quantitative estimate of drug-likeness (QED) is 0.570. The molecule has 0 aliphatic heterocycles. The highest BCUT2D eigenvalue weighted by molar-refractivity contribution is 5.68. The predicted octanol–water partition coefficient (Wildman–Crippen LogP) is 1.37. The smallest absolute Gasteiger partial charge is 0.306 e. The molecular formula is C12H13N3O5. The number of nitrogens with one attached hydrogen (secondary N) is 1. The Balaban J connectivity index is 2.84. The maximum absolute atomic E-state index is 10.9. The lowest BCUT2D eigenvalue weighted by Crippen LogP contribution is -2.25. The van der Waals surface area contributed by atoms with Crippen molar-refractivity contribution in [3.05, 3.63) is 33.9 Å². The molecule has 0 saturated carbocycles. The number of nitro groups is 1. The number of nitriles is 1. The van der Waals surface area contributed by atoms with Crippen LogP contribution in [0.25, 0.3) is 0 Å². The van der Waals surface area contributed by atoms with E-state index in [1.807, 2.05) is 6.07 Å². The van der Waals surface area contributed by atoms with Crippen LogP contribution in [0, 0.1) is 21.4 Å².